The number of piperidine rings is 1. The second-order valence-electron chi connectivity index (χ2n) is 5.94. The maximum atomic E-state index is 12.2. The second-order valence-corrected chi connectivity index (χ2v) is 6.50. The number of hydrogen-bond acceptors (Lipinski definition) is 2. The summed E-state index contributed by atoms with van der Waals surface area (Å²) in [5, 5.41) is 0.344. The number of amides is 1. The molecule has 0 bridgehead atoms. The Bertz CT molecular complexity index is 296. The number of Topliss-reactive ketones (excluding diaryl/α,β-unsaturated/α-hetero) is 1. The zero-order valence-electron chi connectivity index (χ0n) is 11.0. The van der Waals surface area contributed by atoms with Gasteiger partial charge in [-0.05, 0) is 24.7 Å². The Morgan fingerprint density at radius 3 is 2.47 bits per heavy atom. The summed E-state index contributed by atoms with van der Waals surface area (Å²) in [5.41, 5.74) is -0.0173. The van der Waals surface area contributed by atoms with Crippen LogP contribution in [0.3, 0.4) is 0 Å². The summed E-state index contributed by atoms with van der Waals surface area (Å²) in [6.07, 6.45) is 3.39. The van der Waals surface area contributed by atoms with Crippen LogP contribution in [-0.4, -0.2) is 34.5 Å². The van der Waals surface area contributed by atoms with Gasteiger partial charge in [0.15, 0.2) is 5.78 Å². The minimum absolute atomic E-state index is 0.0173. The number of ketones is 1. The van der Waals surface area contributed by atoms with Crippen LogP contribution in [0, 0.1) is 5.41 Å². The van der Waals surface area contributed by atoms with E-state index in [1.165, 1.54) is 0 Å². The maximum absolute atomic E-state index is 12.2. The Hall–Kier alpha value is -0.380. The number of nitrogens with zero attached hydrogens (tertiary/aromatic N) is 1. The van der Waals surface area contributed by atoms with Crippen molar-refractivity contribution in [2.45, 2.75) is 52.5 Å². The van der Waals surface area contributed by atoms with Crippen molar-refractivity contribution in [2.75, 3.05) is 11.9 Å². The van der Waals surface area contributed by atoms with Crippen molar-refractivity contribution in [2.24, 2.45) is 5.41 Å². The molecule has 1 amide bonds. The van der Waals surface area contributed by atoms with Gasteiger partial charge in [0, 0.05) is 13.0 Å². The molecule has 0 spiro atoms. The van der Waals surface area contributed by atoms with E-state index in [1.54, 1.807) is 4.90 Å². The fraction of sp³-hybridized carbons (Fsp3) is 0.846. The number of alkyl halides is 1. The highest BCUT2D eigenvalue weighted by molar-refractivity contribution is 9.09. The molecule has 0 aromatic carbocycles. The molecule has 0 aromatic heterocycles. The average molecular weight is 304 g/mol. The fourth-order valence-corrected chi connectivity index (χ4v) is 2.58. The molecule has 1 aliphatic heterocycles. The standard InChI is InChI=1S/C13H22BrNO2/c1-13(2,3)8-12(17)15-7-5-4-6-10(15)11(16)9-14/h10H,4-9H2,1-3H3/t10-/m0/s1. The Morgan fingerprint density at radius 1 is 1.29 bits per heavy atom. The first-order chi connectivity index (χ1) is 7.85. The molecule has 0 aromatic rings. The molecule has 0 N–H and O–H groups in total. The third kappa shape index (κ3) is 4.41. The monoisotopic (exact) mass is 303 g/mol. The largest absolute Gasteiger partial charge is 0.333 e. The summed E-state index contributed by atoms with van der Waals surface area (Å²) < 4.78 is 0. The van der Waals surface area contributed by atoms with E-state index in [1.807, 2.05) is 0 Å². The zero-order chi connectivity index (χ0) is 13.1. The number of carbonyl (C=O) groups excluding carboxylic acids is 2. The van der Waals surface area contributed by atoms with Crippen molar-refractivity contribution in [3.05, 3.63) is 0 Å². The maximum Gasteiger partial charge on any atom is 0.223 e. The molecule has 1 rings (SSSR count). The van der Waals surface area contributed by atoms with E-state index < -0.39 is 0 Å². The highest BCUT2D eigenvalue weighted by atomic mass is 79.9. The Labute approximate surface area is 112 Å². The summed E-state index contributed by atoms with van der Waals surface area (Å²) >= 11 is 3.20. The lowest BCUT2D eigenvalue weighted by Crippen LogP contribution is -2.49. The molecule has 0 unspecified atom stereocenters. The third-order valence-corrected chi connectivity index (χ3v) is 3.56. The van der Waals surface area contributed by atoms with Crippen LogP contribution < -0.4 is 0 Å². The number of halogens is 1. The summed E-state index contributed by atoms with van der Waals surface area (Å²) in [7, 11) is 0. The van der Waals surface area contributed by atoms with Gasteiger partial charge >= 0.3 is 0 Å². The Balaban J connectivity index is 2.71. The molecule has 0 radical (unpaired) electrons. The van der Waals surface area contributed by atoms with E-state index in [0.29, 0.717) is 11.8 Å². The van der Waals surface area contributed by atoms with Crippen molar-refractivity contribution in [3.63, 3.8) is 0 Å². The zero-order valence-corrected chi connectivity index (χ0v) is 12.5. The van der Waals surface area contributed by atoms with Crippen LogP contribution in [0.5, 0.6) is 0 Å². The first-order valence-electron chi connectivity index (χ1n) is 6.23. The number of carbonyl (C=O) groups is 2. The van der Waals surface area contributed by atoms with Crippen molar-refractivity contribution in [1.82, 2.24) is 4.90 Å². The first kappa shape index (κ1) is 14.7. The molecule has 4 heteroatoms. The number of rotatable bonds is 3. The summed E-state index contributed by atoms with van der Waals surface area (Å²) in [6, 6.07) is -0.196. The fourth-order valence-electron chi connectivity index (χ4n) is 2.21. The Kier molecular flexibility index (Phi) is 5.17. The van der Waals surface area contributed by atoms with Crippen molar-refractivity contribution in [1.29, 1.82) is 0 Å². The van der Waals surface area contributed by atoms with E-state index in [-0.39, 0.29) is 23.1 Å². The molecule has 0 aliphatic carbocycles. The molecular weight excluding hydrogens is 282 g/mol. The van der Waals surface area contributed by atoms with Crippen molar-refractivity contribution >= 4 is 27.6 Å². The first-order valence-corrected chi connectivity index (χ1v) is 7.35. The van der Waals surface area contributed by atoms with Gasteiger partial charge in [-0.15, -0.1) is 0 Å². The molecule has 1 saturated heterocycles. The number of likely N-dealkylation sites (tertiary alicyclic amines) is 1. The molecule has 0 saturated carbocycles. The van der Waals surface area contributed by atoms with Gasteiger partial charge < -0.3 is 4.90 Å². The molecule has 1 aliphatic rings. The SMILES string of the molecule is CC(C)(C)CC(=O)N1CCCC[C@H]1C(=O)CBr. The summed E-state index contributed by atoms with van der Waals surface area (Å²) in [6.45, 7) is 6.89. The highest BCUT2D eigenvalue weighted by Gasteiger charge is 2.32. The molecule has 17 heavy (non-hydrogen) atoms. The van der Waals surface area contributed by atoms with Crippen LogP contribution in [0.15, 0.2) is 0 Å². The van der Waals surface area contributed by atoms with E-state index in [9.17, 15) is 9.59 Å². The van der Waals surface area contributed by atoms with E-state index in [4.69, 9.17) is 0 Å². The van der Waals surface area contributed by atoms with Crippen LogP contribution in [0.25, 0.3) is 0 Å². The molecule has 3 nitrogen and oxygen atoms in total. The molecular formula is C13H22BrNO2. The average Bonchev–Trinajstić information content (AvgIpc) is 2.25. The van der Waals surface area contributed by atoms with E-state index in [2.05, 4.69) is 36.7 Å². The van der Waals surface area contributed by atoms with Gasteiger partial charge in [-0.2, -0.15) is 0 Å². The normalized spacial score (nSPS) is 21.4. The van der Waals surface area contributed by atoms with Crippen LogP contribution in [0.4, 0.5) is 0 Å². The summed E-state index contributed by atoms with van der Waals surface area (Å²) in [4.78, 5) is 25.8. The predicted molar refractivity (Wildman–Crippen MR) is 72.2 cm³/mol. The molecule has 1 fully saturated rings. The van der Waals surface area contributed by atoms with Gasteiger partial charge in [-0.1, -0.05) is 36.7 Å². The lowest BCUT2D eigenvalue weighted by atomic mass is 9.90. The highest BCUT2D eigenvalue weighted by Crippen LogP contribution is 2.24. The van der Waals surface area contributed by atoms with Gasteiger partial charge in [0.05, 0.1) is 11.4 Å². The lowest BCUT2D eigenvalue weighted by Gasteiger charge is -2.36. The van der Waals surface area contributed by atoms with Crippen LogP contribution in [0.1, 0.15) is 46.5 Å². The topological polar surface area (TPSA) is 37.4 Å². The van der Waals surface area contributed by atoms with Gasteiger partial charge in [0.1, 0.15) is 0 Å². The summed E-state index contributed by atoms with van der Waals surface area (Å²) in [5.74, 6) is 0.253. The number of hydrogen-bond donors (Lipinski definition) is 0. The van der Waals surface area contributed by atoms with E-state index in [0.717, 1.165) is 25.8 Å². The molecule has 1 heterocycles. The van der Waals surface area contributed by atoms with E-state index >= 15 is 0 Å². The van der Waals surface area contributed by atoms with Crippen LogP contribution in [0.2, 0.25) is 0 Å². The molecule has 98 valence electrons. The van der Waals surface area contributed by atoms with Crippen molar-refractivity contribution in [3.8, 4) is 0 Å². The minimum atomic E-state index is -0.196. The predicted octanol–water partition coefficient (Wildman–Crippen LogP) is 2.77. The third-order valence-electron chi connectivity index (χ3n) is 3.01. The van der Waals surface area contributed by atoms with Crippen LogP contribution >= 0.6 is 15.9 Å². The van der Waals surface area contributed by atoms with Gasteiger partial charge in [0.25, 0.3) is 0 Å². The van der Waals surface area contributed by atoms with Gasteiger partial charge in [-0.25, -0.2) is 0 Å². The molecule has 1 atom stereocenters. The minimum Gasteiger partial charge on any atom is -0.333 e. The van der Waals surface area contributed by atoms with Gasteiger partial charge in [0.2, 0.25) is 5.91 Å². The quantitative estimate of drug-likeness (QED) is 0.752. The smallest absolute Gasteiger partial charge is 0.223 e. The van der Waals surface area contributed by atoms with Crippen LogP contribution in [-0.2, 0) is 9.59 Å². The van der Waals surface area contributed by atoms with Gasteiger partial charge in [-0.3, -0.25) is 9.59 Å². The van der Waals surface area contributed by atoms with Crippen molar-refractivity contribution < 1.29 is 9.59 Å². The Morgan fingerprint density at radius 2 is 1.94 bits per heavy atom. The second kappa shape index (κ2) is 5.98. The lowest BCUT2D eigenvalue weighted by molar-refractivity contribution is -0.142.